The van der Waals surface area contributed by atoms with Gasteiger partial charge in [0.05, 0.1) is 13.7 Å². The van der Waals surface area contributed by atoms with E-state index in [2.05, 4.69) is 4.74 Å². The summed E-state index contributed by atoms with van der Waals surface area (Å²) in [7, 11) is -2.95. The summed E-state index contributed by atoms with van der Waals surface area (Å²) in [5.74, 6) is -0.302. The second-order valence-corrected chi connectivity index (χ2v) is 4.63. The van der Waals surface area contributed by atoms with Gasteiger partial charge in [0.2, 0.25) is 0 Å². The molecule has 1 amide bonds. The molecule has 0 rings (SSSR count). The minimum absolute atomic E-state index is 0.159. The third-order valence-corrected chi connectivity index (χ3v) is 2.97. The van der Waals surface area contributed by atoms with Crippen LogP contribution < -0.4 is 10.5 Å². The third kappa shape index (κ3) is 4.94. The van der Waals surface area contributed by atoms with Crippen LogP contribution in [0.4, 0.5) is 4.79 Å². The first kappa shape index (κ1) is 14.6. The molecule has 0 radical (unpaired) electrons. The first-order valence-electron chi connectivity index (χ1n) is 4.52. The quantitative estimate of drug-likeness (QED) is 0.423. The second-order valence-electron chi connectivity index (χ2n) is 2.96. The van der Waals surface area contributed by atoms with Crippen LogP contribution in [-0.4, -0.2) is 44.9 Å². The number of nitrogens with one attached hydrogen (secondary N) is 2. The molecule has 0 heterocycles. The smallest absolute Gasteiger partial charge is 0.421 e. The fourth-order valence-electron chi connectivity index (χ4n) is 0.935. The molecule has 8 nitrogen and oxygen atoms in total. The highest BCUT2D eigenvalue weighted by atomic mass is 32.2. The molecule has 0 aromatic rings. The van der Waals surface area contributed by atoms with Crippen LogP contribution in [-0.2, 0) is 14.9 Å². The summed E-state index contributed by atoms with van der Waals surface area (Å²) >= 11 is 0. The molecule has 0 saturated heterocycles. The van der Waals surface area contributed by atoms with E-state index in [0.717, 1.165) is 11.4 Å². The molecule has 0 aliphatic heterocycles. The molecule has 9 heteroatoms. The molecular weight excluding hydrogens is 236 g/mol. The van der Waals surface area contributed by atoms with Gasteiger partial charge in [0, 0.05) is 6.54 Å². The molecule has 0 aliphatic carbocycles. The molecule has 0 atom stereocenters. The van der Waals surface area contributed by atoms with E-state index in [4.69, 9.17) is 11.1 Å². The van der Waals surface area contributed by atoms with Gasteiger partial charge in [-0.2, -0.15) is 12.7 Å². The molecule has 0 spiro atoms. The Morgan fingerprint density at radius 2 is 2.12 bits per heavy atom. The van der Waals surface area contributed by atoms with Gasteiger partial charge < -0.3 is 10.5 Å². The van der Waals surface area contributed by atoms with E-state index in [9.17, 15) is 13.2 Å². The van der Waals surface area contributed by atoms with E-state index in [1.807, 2.05) is 0 Å². The molecule has 0 aromatic heterocycles. The van der Waals surface area contributed by atoms with Crippen LogP contribution in [0.1, 0.15) is 13.3 Å². The lowest BCUT2D eigenvalue weighted by molar-refractivity contribution is 0.177. The minimum atomic E-state index is -4.00. The summed E-state index contributed by atoms with van der Waals surface area (Å²) in [5.41, 5.74) is 5.12. The van der Waals surface area contributed by atoms with E-state index >= 15 is 0 Å². The number of carbonyl (C=O) groups is 1. The van der Waals surface area contributed by atoms with Gasteiger partial charge in [-0.3, -0.25) is 5.41 Å². The lowest BCUT2D eigenvalue weighted by Crippen LogP contribution is -2.46. The molecule has 0 saturated carbocycles. The average Bonchev–Trinajstić information content (AvgIpc) is 2.15. The molecule has 4 N–H and O–H groups in total. The van der Waals surface area contributed by atoms with Gasteiger partial charge in [0.25, 0.3) is 0 Å². The lowest BCUT2D eigenvalue weighted by atomic mass is 10.4. The van der Waals surface area contributed by atoms with Crippen molar-refractivity contribution in [2.75, 3.05) is 20.2 Å². The molecular formula is C7H16N4O4S. The van der Waals surface area contributed by atoms with Gasteiger partial charge in [0.1, 0.15) is 5.84 Å². The molecule has 0 aliphatic rings. The first-order valence-corrected chi connectivity index (χ1v) is 5.96. The Labute approximate surface area is 94.4 Å². The van der Waals surface area contributed by atoms with Crippen molar-refractivity contribution in [2.45, 2.75) is 13.3 Å². The predicted molar refractivity (Wildman–Crippen MR) is 58.2 cm³/mol. The maximum atomic E-state index is 11.6. The highest BCUT2D eigenvalue weighted by molar-refractivity contribution is 7.87. The highest BCUT2D eigenvalue weighted by Gasteiger charge is 2.24. The van der Waals surface area contributed by atoms with Crippen molar-refractivity contribution < 1.29 is 17.9 Å². The van der Waals surface area contributed by atoms with Crippen LogP contribution in [0, 0.1) is 5.41 Å². The van der Waals surface area contributed by atoms with Crippen molar-refractivity contribution in [3.63, 3.8) is 0 Å². The van der Waals surface area contributed by atoms with Gasteiger partial charge in [-0.15, -0.1) is 0 Å². The molecule has 0 unspecified atom stereocenters. The summed E-state index contributed by atoms with van der Waals surface area (Å²) in [6.07, 6.45) is -0.542. The topological polar surface area (TPSA) is 126 Å². The second kappa shape index (κ2) is 6.28. The van der Waals surface area contributed by atoms with Crippen molar-refractivity contribution in [1.29, 1.82) is 5.41 Å². The van der Waals surface area contributed by atoms with E-state index in [1.165, 1.54) is 0 Å². The van der Waals surface area contributed by atoms with E-state index in [-0.39, 0.29) is 18.9 Å². The van der Waals surface area contributed by atoms with Crippen molar-refractivity contribution in [1.82, 2.24) is 9.03 Å². The van der Waals surface area contributed by atoms with Crippen LogP contribution in [0.3, 0.4) is 0 Å². The maximum Gasteiger partial charge on any atom is 0.421 e. The van der Waals surface area contributed by atoms with E-state index in [0.29, 0.717) is 6.42 Å². The predicted octanol–water partition coefficient (Wildman–Crippen LogP) is -0.765. The summed E-state index contributed by atoms with van der Waals surface area (Å²) in [6, 6.07) is 0. The van der Waals surface area contributed by atoms with Crippen molar-refractivity contribution >= 4 is 22.1 Å². The average molecular weight is 252 g/mol. The van der Waals surface area contributed by atoms with Crippen molar-refractivity contribution in [2.24, 2.45) is 5.73 Å². The number of rotatable bonds is 6. The van der Waals surface area contributed by atoms with Crippen molar-refractivity contribution in [3.05, 3.63) is 0 Å². The largest absolute Gasteiger partial charge is 0.452 e. The number of ether oxygens (including phenoxy) is 1. The number of methoxy groups -OCH3 is 1. The molecule has 0 fully saturated rings. The summed E-state index contributed by atoms with van der Waals surface area (Å²) < 4.78 is 29.9. The number of carbonyl (C=O) groups excluding carboxylic acids is 1. The third-order valence-electron chi connectivity index (χ3n) is 1.56. The SMILES string of the molecule is CCCN(CC(=N)N)S(=O)(=O)NC(=O)OC. The minimum Gasteiger partial charge on any atom is -0.452 e. The van der Waals surface area contributed by atoms with Gasteiger partial charge >= 0.3 is 16.3 Å². The van der Waals surface area contributed by atoms with Crippen LogP contribution in [0.2, 0.25) is 0 Å². The van der Waals surface area contributed by atoms with Gasteiger partial charge in [-0.05, 0) is 6.42 Å². The number of nitrogens with two attached hydrogens (primary N) is 1. The Kier molecular flexibility index (Phi) is 5.75. The number of nitrogens with zero attached hydrogens (tertiary/aromatic N) is 1. The van der Waals surface area contributed by atoms with Crippen LogP contribution in [0.5, 0.6) is 0 Å². The lowest BCUT2D eigenvalue weighted by Gasteiger charge is -2.20. The van der Waals surface area contributed by atoms with Crippen LogP contribution in [0.15, 0.2) is 0 Å². The number of hydrogen-bond acceptors (Lipinski definition) is 5. The Balaban J connectivity index is 4.75. The summed E-state index contributed by atoms with van der Waals surface area (Å²) in [5, 5.41) is 7.04. The standard InChI is InChI=1S/C7H16N4O4S/c1-3-4-11(5-6(8)9)16(13,14)10-7(12)15-2/h3-5H2,1-2H3,(H3,8,9)(H,10,12). The number of hydrogen-bond donors (Lipinski definition) is 3. The zero-order valence-corrected chi connectivity index (χ0v) is 10.0. The maximum absolute atomic E-state index is 11.6. The first-order chi connectivity index (χ1) is 7.33. The molecule has 0 aromatic carbocycles. The summed E-state index contributed by atoms with van der Waals surface area (Å²) in [6.45, 7) is 1.66. The highest BCUT2D eigenvalue weighted by Crippen LogP contribution is 1.99. The van der Waals surface area contributed by atoms with Crippen LogP contribution in [0.25, 0.3) is 0 Å². The Morgan fingerprint density at radius 1 is 1.56 bits per heavy atom. The fraction of sp³-hybridized carbons (Fsp3) is 0.714. The molecule has 16 heavy (non-hydrogen) atoms. The van der Waals surface area contributed by atoms with Gasteiger partial charge in [0.15, 0.2) is 0 Å². The fourth-order valence-corrected chi connectivity index (χ4v) is 2.09. The number of amides is 1. The Morgan fingerprint density at radius 3 is 2.50 bits per heavy atom. The monoisotopic (exact) mass is 252 g/mol. The van der Waals surface area contributed by atoms with Crippen molar-refractivity contribution in [3.8, 4) is 0 Å². The van der Waals surface area contributed by atoms with Crippen LogP contribution >= 0.6 is 0 Å². The van der Waals surface area contributed by atoms with E-state index in [1.54, 1.807) is 11.6 Å². The zero-order valence-electron chi connectivity index (χ0n) is 9.19. The van der Waals surface area contributed by atoms with Gasteiger partial charge in [-0.1, -0.05) is 6.92 Å². The Bertz CT molecular complexity index is 353. The van der Waals surface area contributed by atoms with Gasteiger partial charge in [-0.25, -0.2) is 9.52 Å². The Hall–Kier alpha value is -1.35. The molecule has 94 valence electrons. The zero-order chi connectivity index (χ0) is 12.8. The van der Waals surface area contributed by atoms with E-state index < -0.39 is 16.3 Å². The normalized spacial score (nSPS) is 11.2. The number of amidine groups is 1. The summed E-state index contributed by atoms with van der Waals surface area (Å²) in [4.78, 5) is 10.8. The molecule has 0 bridgehead atoms.